The summed E-state index contributed by atoms with van der Waals surface area (Å²) in [6, 6.07) is 20.9. The highest BCUT2D eigenvalue weighted by Gasteiger charge is 2.24. The summed E-state index contributed by atoms with van der Waals surface area (Å²) in [6.07, 6.45) is 0. The number of nitrogens with zero attached hydrogens (tertiary/aromatic N) is 4. The van der Waals surface area contributed by atoms with Crippen molar-refractivity contribution < 1.29 is 13.7 Å². The van der Waals surface area contributed by atoms with E-state index in [9.17, 15) is 8.78 Å². The van der Waals surface area contributed by atoms with Gasteiger partial charge in [-0.05, 0) is 42.5 Å². The second-order valence-electron chi connectivity index (χ2n) is 8.28. The molecule has 5 rings (SSSR count). The highest BCUT2D eigenvalue weighted by Crippen LogP contribution is 2.25. The third kappa shape index (κ3) is 4.61. The zero-order chi connectivity index (χ0) is 23.7. The fraction of sp³-hybridized carbons (Fsp3) is 0.200. The van der Waals surface area contributed by atoms with Crippen LogP contribution in [-0.2, 0) is 6.67 Å². The van der Waals surface area contributed by atoms with Crippen LogP contribution < -0.4 is 9.80 Å². The van der Waals surface area contributed by atoms with Crippen molar-refractivity contribution in [1.29, 1.82) is 0 Å². The van der Waals surface area contributed by atoms with E-state index in [4.69, 9.17) is 28.9 Å². The summed E-state index contributed by atoms with van der Waals surface area (Å²) in [4.78, 5) is 3.63. The van der Waals surface area contributed by atoms with Gasteiger partial charge in [-0.1, -0.05) is 48.0 Å². The summed E-state index contributed by atoms with van der Waals surface area (Å²) in [7, 11) is 0. The summed E-state index contributed by atoms with van der Waals surface area (Å²) < 4.78 is 32.0. The Morgan fingerprint density at radius 2 is 1.71 bits per heavy atom. The lowest BCUT2D eigenvalue weighted by molar-refractivity contribution is -0.924. The highest BCUT2D eigenvalue weighted by molar-refractivity contribution is 7.71. The van der Waals surface area contributed by atoms with E-state index in [-0.39, 0.29) is 5.69 Å². The van der Waals surface area contributed by atoms with Gasteiger partial charge in [0.15, 0.2) is 12.5 Å². The monoisotopic (exact) mass is 498 g/mol. The Kier molecular flexibility index (Phi) is 6.45. The van der Waals surface area contributed by atoms with Gasteiger partial charge in [0, 0.05) is 22.3 Å². The molecule has 0 spiro atoms. The highest BCUT2D eigenvalue weighted by atomic mass is 35.5. The molecule has 34 heavy (non-hydrogen) atoms. The van der Waals surface area contributed by atoms with Crippen molar-refractivity contribution in [2.45, 2.75) is 6.67 Å². The maximum Gasteiger partial charge on any atom is 0.207 e. The van der Waals surface area contributed by atoms with Crippen molar-refractivity contribution in [2.24, 2.45) is 0 Å². The molecule has 0 radical (unpaired) electrons. The van der Waals surface area contributed by atoms with Gasteiger partial charge in [-0.2, -0.15) is 4.68 Å². The molecule has 1 saturated heterocycles. The molecule has 1 aliphatic heterocycles. The number of hydrogen-bond donors (Lipinski definition) is 1. The normalized spacial score (nSPS) is 14.5. The van der Waals surface area contributed by atoms with E-state index in [0.717, 1.165) is 48.5 Å². The molecule has 1 N–H and O–H groups in total. The molecule has 2 heterocycles. The van der Waals surface area contributed by atoms with Gasteiger partial charge in [-0.25, -0.2) is 8.78 Å². The predicted octanol–water partition coefficient (Wildman–Crippen LogP) is 4.36. The number of nitrogens with one attached hydrogen (secondary N) is 1. The summed E-state index contributed by atoms with van der Waals surface area (Å²) >= 11 is 11.9. The van der Waals surface area contributed by atoms with E-state index in [1.807, 2.05) is 48.5 Å². The first-order valence-corrected chi connectivity index (χ1v) is 11.8. The minimum atomic E-state index is -0.685. The Labute approximate surface area is 206 Å². The summed E-state index contributed by atoms with van der Waals surface area (Å²) in [5.41, 5.74) is 2.10. The van der Waals surface area contributed by atoms with Gasteiger partial charge >= 0.3 is 0 Å². The van der Waals surface area contributed by atoms with E-state index < -0.39 is 11.6 Å². The van der Waals surface area contributed by atoms with E-state index in [2.05, 4.69) is 11.0 Å². The number of benzene rings is 3. The first-order valence-electron chi connectivity index (χ1n) is 11.0. The number of quaternary nitrogens is 1. The number of hydrogen-bond acceptors (Lipinski definition) is 3. The van der Waals surface area contributed by atoms with E-state index in [1.54, 1.807) is 9.25 Å². The molecule has 0 bridgehead atoms. The Hall–Kier alpha value is -3.07. The Morgan fingerprint density at radius 3 is 2.41 bits per heavy atom. The second-order valence-corrected chi connectivity index (χ2v) is 9.08. The number of rotatable bonds is 5. The zero-order valence-electron chi connectivity index (χ0n) is 18.3. The molecule has 0 atom stereocenters. The Balaban J connectivity index is 1.43. The minimum absolute atomic E-state index is 0.178. The molecule has 1 fully saturated rings. The predicted molar refractivity (Wildman–Crippen MR) is 132 cm³/mol. The Morgan fingerprint density at radius 1 is 0.941 bits per heavy atom. The number of halogens is 3. The zero-order valence-corrected chi connectivity index (χ0v) is 19.9. The molecular formula is C25H23ClF2N5S+. The maximum absolute atomic E-state index is 14.7. The fourth-order valence-electron chi connectivity index (χ4n) is 4.29. The lowest BCUT2D eigenvalue weighted by atomic mass is 10.2. The molecule has 1 aliphatic rings. The van der Waals surface area contributed by atoms with Crippen molar-refractivity contribution in [3.05, 3.63) is 94.2 Å². The number of aromatic nitrogens is 3. The van der Waals surface area contributed by atoms with Crippen LogP contribution in [0.5, 0.6) is 0 Å². The van der Waals surface area contributed by atoms with E-state index in [1.165, 1.54) is 17.0 Å². The second kappa shape index (κ2) is 9.66. The molecule has 0 aliphatic carbocycles. The standard InChI is InChI=1S/C25H22ClF2N5S/c26-19-7-4-8-21(15-19)31-13-11-30(12-14-31)17-32-25(34)33(23-10-9-20(27)16-22(23)28)24(29-32)18-5-2-1-3-6-18/h1-10,15-16H,11-14,17H2/p+1. The van der Waals surface area contributed by atoms with Gasteiger partial charge in [0.1, 0.15) is 11.6 Å². The first kappa shape index (κ1) is 22.7. The number of anilines is 1. The molecule has 0 amide bonds. The van der Waals surface area contributed by atoms with Gasteiger partial charge in [0.25, 0.3) is 0 Å². The summed E-state index contributed by atoms with van der Waals surface area (Å²) in [5, 5.41) is 5.49. The van der Waals surface area contributed by atoms with Crippen molar-refractivity contribution in [3.63, 3.8) is 0 Å². The van der Waals surface area contributed by atoms with Crippen LogP contribution in [0.25, 0.3) is 17.1 Å². The van der Waals surface area contributed by atoms with Crippen LogP contribution in [-0.4, -0.2) is 40.5 Å². The van der Waals surface area contributed by atoms with Crippen molar-refractivity contribution in [2.75, 3.05) is 31.1 Å². The van der Waals surface area contributed by atoms with Crippen molar-refractivity contribution in [3.8, 4) is 17.1 Å². The third-order valence-electron chi connectivity index (χ3n) is 6.04. The van der Waals surface area contributed by atoms with Crippen LogP contribution in [0.4, 0.5) is 14.5 Å². The Bertz CT molecular complexity index is 1360. The lowest BCUT2D eigenvalue weighted by Gasteiger charge is -2.33. The third-order valence-corrected chi connectivity index (χ3v) is 6.67. The number of piperazine rings is 1. The molecule has 9 heteroatoms. The smallest absolute Gasteiger partial charge is 0.207 e. The van der Waals surface area contributed by atoms with Crippen LogP contribution >= 0.6 is 23.8 Å². The van der Waals surface area contributed by atoms with Crippen LogP contribution in [0.15, 0.2) is 72.8 Å². The molecule has 0 unspecified atom stereocenters. The van der Waals surface area contributed by atoms with Crippen LogP contribution in [0.1, 0.15) is 0 Å². The topological polar surface area (TPSA) is 30.4 Å². The SMILES string of the molecule is Fc1ccc(-n2c(-c3ccccc3)nn(C[NH+]3CCN(c4cccc(Cl)c4)CC3)c2=S)c(F)c1. The molecular weight excluding hydrogens is 476 g/mol. The molecule has 3 aromatic carbocycles. The van der Waals surface area contributed by atoms with Crippen LogP contribution in [0.2, 0.25) is 5.02 Å². The van der Waals surface area contributed by atoms with Crippen LogP contribution in [0, 0.1) is 16.4 Å². The summed E-state index contributed by atoms with van der Waals surface area (Å²) in [6.45, 7) is 4.10. The van der Waals surface area contributed by atoms with E-state index >= 15 is 0 Å². The van der Waals surface area contributed by atoms with Gasteiger partial charge in [-0.3, -0.25) is 4.57 Å². The average Bonchev–Trinajstić information content (AvgIpc) is 3.16. The van der Waals surface area contributed by atoms with Crippen LogP contribution in [0.3, 0.4) is 0 Å². The van der Waals surface area contributed by atoms with Crippen molar-refractivity contribution >= 4 is 29.5 Å². The lowest BCUT2D eigenvalue weighted by Crippen LogP contribution is -3.14. The molecule has 4 aromatic rings. The molecule has 0 saturated carbocycles. The van der Waals surface area contributed by atoms with Gasteiger partial charge < -0.3 is 9.80 Å². The molecule has 174 valence electrons. The largest absolute Gasteiger partial charge is 0.360 e. The fourth-order valence-corrected chi connectivity index (χ4v) is 4.76. The van der Waals surface area contributed by atoms with Gasteiger partial charge in [0.2, 0.25) is 4.77 Å². The molecule has 1 aromatic heterocycles. The van der Waals surface area contributed by atoms with E-state index in [0.29, 0.717) is 17.3 Å². The molecule has 5 nitrogen and oxygen atoms in total. The maximum atomic E-state index is 14.7. The average molecular weight is 499 g/mol. The van der Waals surface area contributed by atoms with Crippen molar-refractivity contribution in [1.82, 2.24) is 14.3 Å². The van der Waals surface area contributed by atoms with Gasteiger partial charge in [0.05, 0.1) is 31.9 Å². The summed E-state index contributed by atoms with van der Waals surface area (Å²) in [5.74, 6) is -0.799. The van der Waals surface area contributed by atoms with Gasteiger partial charge in [-0.15, -0.1) is 5.10 Å². The minimum Gasteiger partial charge on any atom is -0.360 e. The first-order chi connectivity index (χ1) is 16.5. The quantitative estimate of drug-likeness (QED) is 0.415.